The van der Waals surface area contributed by atoms with Crippen molar-refractivity contribution in [2.24, 2.45) is 10.9 Å². The molecule has 0 aromatic heterocycles. The molecule has 2 unspecified atom stereocenters. The van der Waals surface area contributed by atoms with Gasteiger partial charge in [0.05, 0.1) is 6.04 Å². The largest absolute Gasteiger partial charge is 0.316 e. The van der Waals surface area contributed by atoms with Gasteiger partial charge in [0.1, 0.15) is 0 Å². The van der Waals surface area contributed by atoms with Crippen molar-refractivity contribution < 1.29 is 0 Å². The summed E-state index contributed by atoms with van der Waals surface area (Å²) >= 11 is 0. The average Bonchev–Trinajstić information content (AvgIpc) is 2.07. The fraction of sp³-hybridized carbons (Fsp3) is 0.889. The topological polar surface area (TPSA) is 24.4 Å². The lowest BCUT2D eigenvalue weighted by Crippen LogP contribution is -2.26. The zero-order valence-corrected chi connectivity index (χ0v) is 7.51. The molecular formula is C9H18N2. The highest BCUT2D eigenvalue weighted by atomic mass is 14.9. The Labute approximate surface area is 69.1 Å². The van der Waals surface area contributed by atoms with E-state index in [0.717, 1.165) is 19.5 Å². The minimum absolute atomic E-state index is 0.487. The fourth-order valence-corrected chi connectivity index (χ4v) is 1.21. The molecule has 2 nitrogen and oxygen atoms in total. The van der Waals surface area contributed by atoms with Crippen LogP contribution in [0.1, 0.15) is 26.7 Å². The second-order valence-corrected chi connectivity index (χ2v) is 3.40. The smallest absolute Gasteiger partial charge is 0.0505 e. The lowest BCUT2D eigenvalue weighted by Gasteiger charge is -2.14. The second-order valence-electron chi connectivity index (χ2n) is 3.40. The molecule has 0 bridgehead atoms. The van der Waals surface area contributed by atoms with Gasteiger partial charge in [-0.2, -0.15) is 0 Å². The molecular weight excluding hydrogens is 136 g/mol. The zero-order chi connectivity index (χ0) is 8.10. The third kappa shape index (κ3) is 3.02. The van der Waals surface area contributed by atoms with E-state index in [1.807, 2.05) is 0 Å². The first-order valence-electron chi connectivity index (χ1n) is 4.53. The standard InChI is InChI=1S/C9H18N2/c1-8-7-10-5-3-4-6-11-9(8)2/h6,8-10H,3-5,7H2,1-2H3/b11-6-. The maximum absolute atomic E-state index is 4.46. The Morgan fingerprint density at radius 2 is 2.27 bits per heavy atom. The summed E-state index contributed by atoms with van der Waals surface area (Å²) in [5.74, 6) is 0.671. The summed E-state index contributed by atoms with van der Waals surface area (Å²) < 4.78 is 0. The van der Waals surface area contributed by atoms with Crippen LogP contribution in [0.5, 0.6) is 0 Å². The summed E-state index contributed by atoms with van der Waals surface area (Å²) in [5.41, 5.74) is 0. The molecule has 1 aliphatic heterocycles. The van der Waals surface area contributed by atoms with Gasteiger partial charge in [-0.3, -0.25) is 4.99 Å². The minimum atomic E-state index is 0.487. The summed E-state index contributed by atoms with van der Waals surface area (Å²) in [6.07, 6.45) is 4.43. The lowest BCUT2D eigenvalue weighted by molar-refractivity contribution is 0.452. The molecule has 1 heterocycles. The first-order chi connectivity index (χ1) is 5.30. The van der Waals surface area contributed by atoms with Gasteiger partial charge in [0.25, 0.3) is 0 Å². The Balaban J connectivity index is 2.42. The van der Waals surface area contributed by atoms with Gasteiger partial charge in [-0.05, 0) is 45.0 Å². The van der Waals surface area contributed by atoms with Crippen LogP contribution in [-0.4, -0.2) is 25.3 Å². The van der Waals surface area contributed by atoms with E-state index in [-0.39, 0.29) is 0 Å². The fourth-order valence-electron chi connectivity index (χ4n) is 1.21. The number of hydrogen-bond donors (Lipinski definition) is 1. The van der Waals surface area contributed by atoms with Crippen molar-refractivity contribution in [3.05, 3.63) is 0 Å². The summed E-state index contributed by atoms with van der Waals surface area (Å²) in [7, 11) is 0. The quantitative estimate of drug-likeness (QED) is 0.561. The summed E-state index contributed by atoms with van der Waals surface area (Å²) in [5, 5.41) is 3.43. The maximum Gasteiger partial charge on any atom is 0.0505 e. The molecule has 0 aromatic rings. The third-order valence-electron chi connectivity index (χ3n) is 2.32. The molecule has 0 fully saturated rings. The number of aliphatic imine (C=N–C) groups is 1. The minimum Gasteiger partial charge on any atom is -0.316 e. The molecule has 64 valence electrons. The van der Waals surface area contributed by atoms with Crippen LogP contribution in [0.15, 0.2) is 4.99 Å². The van der Waals surface area contributed by atoms with Crippen LogP contribution in [-0.2, 0) is 0 Å². The van der Waals surface area contributed by atoms with E-state index in [9.17, 15) is 0 Å². The van der Waals surface area contributed by atoms with Gasteiger partial charge in [0.2, 0.25) is 0 Å². The van der Waals surface area contributed by atoms with Crippen molar-refractivity contribution in [2.45, 2.75) is 32.7 Å². The molecule has 11 heavy (non-hydrogen) atoms. The zero-order valence-electron chi connectivity index (χ0n) is 7.51. The first-order valence-corrected chi connectivity index (χ1v) is 4.53. The Hall–Kier alpha value is -0.370. The summed E-state index contributed by atoms with van der Waals surface area (Å²) in [6, 6.07) is 0.487. The van der Waals surface area contributed by atoms with E-state index in [0.29, 0.717) is 12.0 Å². The van der Waals surface area contributed by atoms with Crippen LogP contribution in [0.4, 0.5) is 0 Å². The van der Waals surface area contributed by atoms with Gasteiger partial charge in [0, 0.05) is 0 Å². The van der Waals surface area contributed by atoms with Gasteiger partial charge in [0.15, 0.2) is 0 Å². The molecule has 0 spiro atoms. The lowest BCUT2D eigenvalue weighted by atomic mass is 10.1. The molecule has 0 saturated carbocycles. The van der Waals surface area contributed by atoms with Gasteiger partial charge in [-0.25, -0.2) is 0 Å². The third-order valence-corrected chi connectivity index (χ3v) is 2.32. The molecule has 1 rings (SSSR count). The van der Waals surface area contributed by atoms with E-state index >= 15 is 0 Å². The molecule has 2 atom stereocenters. The molecule has 0 radical (unpaired) electrons. The van der Waals surface area contributed by atoms with Crippen LogP contribution in [0, 0.1) is 5.92 Å². The van der Waals surface area contributed by atoms with Gasteiger partial charge < -0.3 is 5.32 Å². The maximum atomic E-state index is 4.46. The Morgan fingerprint density at radius 1 is 1.45 bits per heavy atom. The number of nitrogens with zero attached hydrogens (tertiary/aromatic N) is 1. The van der Waals surface area contributed by atoms with Crippen LogP contribution >= 0.6 is 0 Å². The van der Waals surface area contributed by atoms with Crippen molar-refractivity contribution in [3.63, 3.8) is 0 Å². The van der Waals surface area contributed by atoms with Gasteiger partial charge >= 0.3 is 0 Å². The highest BCUT2D eigenvalue weighted by Gasteiger charge is 2.09. The summed E-state index contributed by atoms with van der Waals surface area (Å²) in [4.78, 5) is 4.46. The van der Waals surface area contributed by atoms with Gasteiger partial charge in [-0.1, -0.05) is 6.92 Å². The molecule has 0 saturated heterocycles. The van der Waals surface area contributed by atoms with Crippen molar-refractivity contribution in [2.75, 3.05) is 13.1 Å². The van der Waals surface area contributed by atoms with Gasteiger partial charge in [-0.15, -0.1) is 0 Å². The van der Waals surface area contributed by atoms with E-state index in [1.54, 1.807) is 0 Å². The van der Waals surface area contributed by atoms with Crippen LogP contribution in [0.2, 0.25) is 0 Å². The SMILES string of the molecule is CC1CNCCC/C=N\C1C. The molecule has 1 aliphatic rings. The number of hydrogen-bond acceptors (Lipinski definition) is 2. The second kappa shape index (κ2) is 4.50. The van der Waals surface area contributed by atoms with Crippen molar-refractivity contribution in [1.29, 1.82) is 0 Å². The average molecular weight is 154 g/mol. The Morgan fingerprint density at radius 3 is 3.09 bits per heavy atom. The molecule has 0 amide bonds. The number of rotatable bonds is 0. The van der Waals surface area contributed by atoms with Crippen LogP contribution in [0.25, 0.3) is 0 Å². The normalized spacial score (nSPS) is 36.9. The van der Waals surface area contributed by atoms with E-state index < -0.39 is 0 Å². The highest BCUT2D eigenvalue weighted by molar-refractivity contribution is 5.57. The van der Waals surface area contributed by atoms with E-state index in [4.69, 9.17) is 0 Å². The van der Waals surface area contributed by atoms with E-state index in [2.05, 4.69) is 30.4 Å². The summed E-state index contributed by atoms with van der Waals surface area (Å²) in [6.45, 7) is 6.69. The molecule has 0 aromatic carbocycles. The molecule has 0 aliphatic carbocycles. The van der Waals surface area contributed by atoms with Crippen molar-refractivity contribution >= 4 is 6.21 Å². The monoisotopic (exact) mass is 154 g/mol. The van der Waals surface area contributed by atoms with Crippen LogP contribution in [0.3, 0.4) is 0 Å². The van der Waals surface area contributed by atoms with E-state index in [1.165, 1.54) is 6.42 Å². The molecule has 2 heteroatoms. The van der Waals surface area contributed by atoms with Crippen LogP contribution < -0.4 is 5.32 Å². The molecule has 1 N–H and O–H groups in total. The predicted octanol–water partition coefficient (Wildman–Crippen LogP) is 1.47. The Kier molecular flexibility index (Phi) is 3.57. The Bertz CT molecular complexity index is 132. The highest BCUT2D eigenvalue weighted by Crippen LogP contribution is 2.06. The first kappa shape index (κ1) is 8.72. The van der Waals surface area contributed by atoms with Crippen molar-refractivity contribution in [1.82, 2.24) is 5.32 Å². The predicted molar refractivity (Wildman–Crippen MR) is 49.2 cm³/mol. The number of nitrogens with one attached hydrogen (secondary N) is 1. The van der Waals surface area contributed by atoms with Crippen molar-refractivity contribution in [3.8, 4) is 0 Å².